The molecule has 0 unspecified atom stereocenters. The van der Waals surface area contributed by atoms with Crippen molar-refractivity contribution < 1.29 is 9.53 Å². The number of ether oxygens (including phenoxy) is 1. The first kappa shape index (κ1) is 17.1. The van der Waals surface area contributed by atoms with Crippen LogP contribution in [0.15, 0.2) is 4.99 Å². The van der Waals surface area contributed by atoms with Gasteiger partial charge in [-0.2, -0.15) is 11.8 Å². The van der Waals surface area contributed by atoms with Crippen molar-refractivity contribution in [3.05, 3.63) is 0 Å². The summed E-state index contributed by atoms with van der Waals surface area (Å²) >= 11 is 1.97. The Balaban J connectivity index is 1.99. The van der Waals surface area contributed by atoms with Gasteiger partial charge in [-0.05, 0) is 19.8 Å². The highest BCUT2D eigenvalue weighted by atomic mass is 32.2. The average Bonchev–Trinajstić information content (AvgIpc) is 2.47. The zero-order valence-electron chi connectivity index (χ0n) is 12.5. The normalized spacial score (nSPS) is 16.2. The fourth-order valence-corrected chi connectivity index (χ4v) is 2.96. The summed E-state index contributed by atoms with van der Waals surface area (Å²) < 4.78 is 4.88. The summed E-state index contributed by atoms with van der Waals surface area (Å²) in [6.45, 7) is 5.12. The molecule has 1 rings (SSSR count). The molecule has 0 radical (unpaired) electrons. The van der Waals surface area contributed by atoms with Crippen LogP contribution in [-0.4, -0.2) is 54.6 Å². The third kappa shape index (κ3) is 7.62. The van der Waals surface area contributed by atoms with E-state index in [1.807, 2.05) is 18.7 Å². The largest absolute Gasteiger partial charge is 0.466 e. The highest BCUT2D eigenvalue weighted by molar-refractivity contribution is 7.99. The summed E-state index contributed by atoms with van der Waals surface area (Å²) in [6.07, 6.45) is 4.61. The van der Waals surface area contributed by atoms with Crippen molar-refractivity contribution in [1.82, 2.24) is 4.90 Å². The van der Waals surface area contributed by atoms with Gasteiger partial charge in [0.15, 0.2) is 5.96 Å². The SMILES string of the molecule is CCOC(=O)CCCCCCN=C(N)N1CCSCC1. The van der Waals surface area contributed by atoms with E-state index < -0.39 is 0 Å². The van der Waals surface area contributed by atoms with E-state index in [4.69, 9.17) is 10.5 Å². The number of nitrogens with two attached hydrogens (primary N) is 1. The molecule has 0 amide bonds. The number of carbonyl (C=O) groups is 1. The van der Waals surface area contributed by atoms with Gasteiger partial charge < -0.3 is 15.4 Å². The van der Waals surface area contributed by atoms with Crippen molar-refractivity contribution in [3.63, 3.8) is 0 Å². The minimum atomic E-state index is -0.0854. The lowest BCUT2D eigenvalue weighted by Crippen LogP contribution is -2.42. The number of rotatable bonds is 8. The molecule has 1 heterocycles. The smallest absolute Gasteiger partial charge is 0.305 e. The van der Waals surface area contributed by atoms with Crippen LogP contribution in [0.1, 0.15) is 39.0 Å². The zero-order chi connectivity index (χ0) is 14.6. The molecule has 1 aliphatic rings. The van der Waals surface area contributed by atoms with Crippen LogP contribution in [0.5, 0.6) is 0 Å². The number of aliphatic imine (C=N–C) groups is 1. The first-order chi connectivity index (χ1) is 9.74. The Labute approximate surface area is 126 Å². The molecule has 0 atom stereocenters. The maximum Gasteiger partial charge on any atom is 0.305 e. The quantitative estimate of drug-likeness (QED) is 0.321. The standard InChI is InChI=1S/C14H27N3O2S/c1-2-19-13(18)7-5-3-4-6-8-16-14(15)17-9-11-20-12-10-17/h2-12H2,1H3,(H2,15,16). The Morgan fingerprint density at radius 3 is 2.65 bits per heavy atom. The van der Waals surface area contributed by atoms with Crippen LogP contribution in [0.3, 0.4) is 0 Å². The zero-order valence-corrected chi connectivity index (χ0v) is 13.3. The van der Waals surface area contributed by atoms with Crippen LogP contribution in [0.25, 0.3) is 0 Å². The van der Waals surface area contributed by atoms with E-state index >= 15 is 0 Å². The molecule has 0 saturated carbocycles. The number of hydrogen-bond donors (Lipinski definition) is 1. The minimum Gasteiger partial charge on any atom is -0.466 e. The highest BCUT2D eigenvalue weighted by Crippen LogP contribution is 2.09. The number of guanidine groups is 1. The van der Waals surface area contributed by atoms with E-state index in [-0.39, 0.29) is 5.97 Å². The van der Waals surface area contributed by atoms with Crippen LogP contribution >= 0.6 is 11.8 Å². The second kappa shape index (κ2) is 10.8. The number of carbonyl (C=O) groups excluding carboxylic acids is 1. The molecule has 20 heavy (non-hydrogen) atoms. The predicted octanol–water partition coefficient (Wildman–Crippen LogP) is 1.86. The van der Waals surface area contributed by atoms with E-state index in [0.29, 0.717) is 19.0 Å². The molecule has 6 heteroatoms. The monoisotopic (exact) mass is 301 g/mol. The number of hydrogen-bond acceptors (Lipinski definition) is 4. The first-order valence-electron chi connectivity index (χ1n) is 7.52. The van der Waals surface area contributed by atoms with E-state index in [0.717, 1.165) is 56.8 Å². The third-order valence-electron chi connectivity index (χ3n) is 3.20. The Morgan fingerprint density at radius 1 is 1.25 bits per heavy atom. The van der Waals surface area contributed by atoms with E-state index in [1.165, 1.54) is 0 Å². The molecule has 2 N–H and O–H groups in total. The lowest BCUT2D eigenvalue weighted by Gasteiger charge is -2.27. The molecule has 0 aromatic heterocycles. The van der Waals surface area contributed by atoms with Crippen LogP contribution < -0.4 is 5.73 Å². The molecule has 1 fully saturated rings. The molecule has 0 aromatic rings. The summed E-state index contributed by atoms with van der Waals surface area (Å²) in [7, 11) is 0. The van der Waals surface area contributed by atoms with Crippen molar-refractivity contribution >= 4 is 23.7 Å². The van der Waals surface area contributed by atoms with Gasteiger partial charge in [0.05, 0.1) is 6.61 Å². The third-order valence-corrected chi connectivity index (χ3v) is 4.15. The Morgan fingerprint density at radius 2 is 1.95 bits per heavy atom. The van der Waals surface area contributed by atoms with Crippen LogP contribution in [-0.2, 0) is 9.53 Å². The summed E-state index contributed by atoms with van der Waals surface area (Å²) in [6, 6.07) is 0. The van der Waals surface area contributed by atoms with E-state index in [1.54, 1.807) is 0 Å². The van der Waals surface area contributed by atoms with Gasteiger partial charge in [-0.15, -0.1) is 0 Å². The van der Waals surface area contributed by atoms with Crippen LogP contribution in [0.4, 0.5) is 0 Å². The second-order valence-electron chi connectivity index (χ2n) is 4.81. The summed E-state index contributed by atoms with van der Waals surface area (Å²) in [5, 5.41) is 0. The molecule has 0 aliphatic carbocycles. The van der Waals surface area contributed by atoms with Crippen molar-refractivity contribution in [2.45, 2.75) is 39.0 Å². The Hall–Kier alpha value is -0.910. The summed E-state index contributed by atoms with van der Waals surface area (Å²) in [5.41, 5.74) is 5.97. The van der Waals surface area contributed by atoms with Gasteiger partial charge in [0.2, 0.25) is 0 Å². The average molecular weight is 301 g/mol. The van der Waals surface area contributed by atoms with Crippen molar-refractivity contribution in [3.8, 4) is 0 Å². The molecule has 116 valence electrons. The van der Waals surface area contributed by atoms with Gasteiger partial charge in [-0.3, -0.25) is 9.79 Å². The van der Waals surface area contributed by atoms with Crippen LogP contribution in [0.2, 0.25) is 0 Å². The van der Waals surface area contributed by atoms with Crippen LogP contribution in [0, 0.1) is 0 Å². The molecule has 1 aliphatic heterocycles. The van der Waals surface area contributed by atoms with Gasteiger partial charge in [0.25, 0.3) is 0 Å². The first-order valence-corrected chi connectivity index (χ1v) is 8.67. The molecular weight excluding hydrogens is 274 g/mol. The number of esters is 1. The van der Waals surface area contributed by atoms with Crippen molar-refractivity contribution in [1.29, 1.82) is 0 Å². The van der Waals surface area contributed by atoms with Gasteiger partial charge in [0.1, 0.15) is 0 Å². The number of thioether (sulfide) groups is 1. The molecule has 0 bridgehead atoms. The molecule has 1 saturated heterocycles. The highest BCUT2D eigenvalue weighted by Gasteiger charge is 2.11. The molecular formula is C14H27N3O2S. The lowest BCUT2D eigenvalue weighted by molar-refractivity contribution is -0.143. The molecule has 5 nitrogen and oxygen atoms in total. The van der Waals surface area contributed by atoms with Gasteiger partial charge >= 0.3 is 5.97 Å². The fraction of sp³-hybridized carbons (Fsp3) is 0.857. The van der Waals surface area contributed by atoms with Gasteiger partial charge in [-0.1, -0.05) is 12.8 Å². The lowest BCUT2D eigenvalue weighted by atomic mass is 10.1. The predicted molar refractivity (Wildman–Crippen MR) is 85.1 cm³/mol. The fourth-order valence-electron chi connectivity index (χ4n) is 2.05. The second-order valence-corrected chi connectivity index (χ2v) is 6.03. The maximum absolute atomic E-state index is 11.1. The van der Waals surface area contributed by atoms with Crippen molar-refractivity contribution in [2.75, 3.05) is 37.7 Å². The van der Waals surface area contributed by atoms with E-state index in [9.17, 15) is 4.79 Å². The summed E-state index contributed by atoms with van der Waals surface area (Å²) in [5.74, 6) is 2.89. The minimum absolute atomic E-state index is 0.0854. The number of nitrogens with zero attached hydrogens (tertiary/aromatic N) is 2. The Kier molecular flexibility index (Phi) is 9.28. The van der Waals surface area contributed by atoms with Gasteiger partial charge in [-0.25, -0.2) is 0 Å². The Bertz CT molecular complexity index is 305. The van der Waals surface area contributed by atoms with Gasteiger partial charge in [0, 0.05) is 37.6 Å². The topological polar surface area (TPSA) is 67.9 Å². The molecule has 0 spiro atoms. The van der Waals surface area contributed by atoms with E-state index in [2.05, 4.69) is 9.89 Å². The molecule has 0 aromatic carbocycles. The maximum atomic E-state index is 11.1. The number of unbranched alkanes of at least 4 members (excludes halogenated alkanes) is 3. The summed E-state index contributed by atoms with van der Waals surface area (Å²) in [4.78, 5) is 17.7. The van der Waals surface area contributed by atoms with Crippen molar-refractivity contribution in [2.24, 2.45) is 10.7 Å².